The summed E-state index contributed by atoms with van der Waals surface area (Å²) in [7, 11) is -3.58. The third kappa shape index (κ3) is 3.55. The summed E-state index contributed by atoms with van der Waals surface area (Å²) >= 11 is 0. The van der Waals surface area contributed by atoms with E-state index in [2.05, 4.69) is 54.6 Å². The first-order chi connectivity index (χ1) is 16.0. The van der Waals surface area contributed by atoms with Crippen LogP contribution in [0.5, 0.6) is 5.75 Å². The van der Waals surface area contributed by atoms with E-state index in [9.17, 15) is 8.42 Å². The molecule has 6 rings (SSSR count). The molecular formula is C29H24O3S. The summed E-state index contributed by atoms with van der Waals surface area (Å²) in [5, 5.41) is 7.20. The fraction of sp³-hybridized carbons (Fsp3) is 0.172. The van der Waals surface area contributed by atoms with E-state index >= 15 is 0 Å². The predicted octanol–water partition coefficient (Wildman–Crippen LogP) is 6.76. The van der Waals surface area contributed by atoms with Crippen molar-refractivity contribution in [2.75, 3.05) is 6.26 Å². The first-order valence-electron chi connectivity index (χ1n) is 11.3. The molecule has 1 aliphatic rings. The topological polar surface area (TPSA) is 43.4 Å². The van der Waals surface area contributed by atoms with E-state index in [-0.39, 0.29) is 0 Å². The molecule has 1 unspecified atom stereocenters. The van der Waals surface area contributed by atoms with Gasteiger partial charge in [0.25, 0.3) is 0 Å². The first kappa shape index (κ1) is 20.3. The van der Waals surface area contributed by atoms with Gasteiger partial charge in [0.2, 0.25) is 0 Å². The lowest BCUT2D eigenvalue weighted by Crippen LogP contribution is -2.14. The van der Waals surface area contributed by atoms with Gasteiger partial charge in [-0.15, -0.1) is 0 Å². The van der Waals surface area contributed by atoms with E-state index in [1.165, 1.54) is 38.2 Å². The second-order valence-electron chi connectivity index (χ2n) is 9.01. The van der Waals surface area contributed by atoms with Crippen molar-refractivity contribution in [3.05, 3.63) is 102 Å². The fourth-order valence-corrected chi connectivity index (χ4v) is 5.99. The minimum atomic E-state index is -3.58. The number of rotatable bonds is 3. The summed E-state index contributed by atoms with van der Waals surface area (Å²) in [5.74, 6) is 0.776. The van der Waals surface area contributed by atoms with Crippen LogP contribution in [0, 0.1) is 0 Å². The lowest BCUT2D eigenvalue weighted by Gasteiger charge is -2.27. The van der Waals surface area contributed by atoms with Crippen LogP contribution in [0.1, 0.15) is 29.0 Å². The van der Waals surface area contributed by atoms with Gasteiger partial charge >= 0.3 is 10.1 Å². The molecule has 0 bridgehead atoms. The molecule has 5 aromatic carbocycles. The Morgan fingerprint density at radius 1 is 0.727 bits per heavy atom. The van der Waals surface area contributed by atoms with Crippen molar-refractivity contribution in [2.45, 2.75) is 25.2 Å². The molecule has 5 aromatic rings. The highest BCUT2D eigenvalue weighted by Gasteiger charge is 2.24. The van der Waals surface area contributed by atoms with Crippen molar-refractivity contribution in [2.24, 2.45) is 0 Å². The average molecular weight is 453 g/mol. The van der Waals surface area contributed by atoms with Gasteiger partial charge in [-0.2, -0.15) is 8.42 Å². The van der Waals surface area contributed by atoms with Gasteiger partial charge in [-0.25, -0.2) is 0 Å². The number of benzene rings is 5. The van der Waals surface area contributed by atoms with Crippen LogP contribution in [-0.4, -0.2) is 14.7 Å². The number of fused-ring (bicyclic) bond motifs is 6. The zero-order valence-electron chi connectivity index (χ0n) is 18.4. The Morgan fingerprint density at radius 3 is 2.27 bits per heavy atom. The molecule has 0 saturated carbocycles. The highest BCUT2D eigenvalue weighted by atomic mass is 32.2. The van der Waals surface area contributed by atoms with Crippen LogP contribution in [0.4, 0.5) is 0 Å². The van der Waals surface area contributed by atoms with Crippen LogP contribution in [0.15, 0.2) is 84.9 Å². The van der Waals surface area contributed by atoms with Crippen LogP contribution in [0.25, 0.3) is 32.3 Å². The third-order valence-electron chi connectivity index (χ3n) is 6.94. The van der Waals surface area contributed by atoms with Gasteiger partial charge in [0.1, 0.15) is 5.75 Å². The van der Waals surface area contributed by atoms with Crippen molar-refractivity contribution in [1.29, 1.82) is 0 Å². The molecule has 0 spiro atoms. The summed E-state index contributed by atoms with van der Waals surface area (Å²) < 4.78 is 28.7. The molecule has 0 aliphatic heterocycles. The highest BCUT2D eigenvalue weighted by molar-refractivity contribution is 7.86. The van der Waals surface area contributed by atoms with Gasteiger partial charge in [0, 0.05) is 5.39 Å². The van der Waals surface area contributed by atoms with Crippen LogP contribution in [0.3, 0.4) is 0 Å². The van der Waals surface area contributed by atoms with Gasteiger partial charge in [-0.05, 0) is 74.9 Å². The summed E-state index contributed by atoms with van der Waals surface area (Å²) in [6, 6.07) is 29.5. The van der Waals surface area contributed by atoms with Crippen molar-refractivity contribution in [1.82, 2.24) is 0 Å². The molecule has 0 aromatic heterocycles. The van der Waals surface area contributed by atoms with E-state index in [1.54, 1.807) is 6.07 Å². The Bertz CT molecular complexity index is 1650. The molecule has 0 heterocycles. The van der Waals surface area contributed by atoms with E-state index in [0.717, 1.165) is 36.3 Å². The lowest BCUT2D eigenvalue weighted by atomic mass is 9.77. The Kier molecular flexibility index (Phi) is 4.66. The van der Waals surface area contributed by atoms with Crippen molar-refractivity contribution >= 4 is 42.4 Å². The van der Waals surface area contributed by atoms with Crippen LogP contribution in [-0.2, 0) is 23.0 Å². The van der Waals surface area contributed by atoms with Crippen LogP contribution in [0.2, 0.25) is 0 Å². The minimum absolute atomic E-state index is 0.382. The van der Waals surface area contributed by atoms with Gasteiger partial charge in [-0.3, -0.25) is 0 Å². The molecule has 3 nitrogen and oxygen atoms in total. The molecule has 0 radical (unpaired) electrons. The van der Waals surface area contributed by atoms with Gasteiger partial charge in [0.05, 0.1) is 6.26 Å². The normalized spacial score (nSPS) is 16.2. The van der Waals surface area contributed by atoms with Crippen LogP contribution >= 0.6 is 0 Å². The lowest BCUT2D eigenvalue weighted by molar-refractivity contribution is 0.495. The van der Waals surface area contributed by atoms with Gasteiger partial charge in [0.15, 0.2) is 0 Å². The molecule has 0 amide bonds. The molecule has 1 aliphatic carbocycles. The van der Waals surface area contributed by atoms with E-state index < -0.39 is 10.1 Å². The quantitative estimate of drug-likeness (QED) is 0.224. The van der Waals surface area contributed by atoms with Gasteiger partial charge in [-0.1, -0.05) is 78.9 Å². The van der Waals surface area contributed by atoms with E-state index in [0.29, 0.717) is 11.7 Å². The second-order valence-corrected chi connectivity index (χ2v) is 10.6. The Hall–Kier alpha value is -3.37. The summed E-state index contributed by atoms with van der Waals surface area (Å²) in [6.45, 7) is 0. The summed E-state index contributed by atoms with van der Waals surface area (Å²) in [5.41, 5.74) is 4.14. The number of hydrogen-bond acceptors (Lipinski definition) is 3. The molecule has 33 heavy (non-hydrogen) atoms. The van der Waals surface area contributed by atoms with Crippen molar-refractivity contribution in [3.8, 4) is 5.75 Å². The van der Waals surface area contributed by atoms with E-state index in [4.69, 9.17) is 4.18 Å². The van der Waals surface area contributed by atoms with E-state index in [1.807, 2.05) is 24.3 Å². The minimum Gasteiger partial charge on any atom is -0.382 e. The standard InChI is InChI=1S/C29H24O3S/c1-33(30,31)32-29-17-16-24(25-8-4-5-9-28(25)29)20-11-13-23-21(18-20)12-15-26-22-7-3-2-6-19(22)10-14-27(23)26/h2-10,12,14-17,20H,11,13,18H2,1H3. The molecule has 164 valence electrons. The zero-order valence-corrected chi connectivity index (χ0v) is 19.2. The Morgan fingerprint density at radius 2 is 1.45 bits per heavy atom. The Labute approximate surface area is 193 Å². The van der Waals surface area contributed by atoms with Crippen LogP contribution < -0.4 is 4.18 Å². The SMILES string of the molecule is CS(=O)(=O)Oc1ccc(C2CCc3c(ccc4c3ccc3ccccc34)C2)c2ccccc12. The second kappa shape index (κ2) is 7.60. The molecular weight excluding hydrogens is 428 g/mol. The fourth-order valence-electron chi connectivity index (χ4n) is 5.52. The summed E-state index contributed by atoms with van der Waals surface area (Å²) in [6.07, 6.45) is 4.16. The summed E-state index contributed by atoms with van der Waals surface area (Å²) in [4.78, 5) is 0. The predicted molar refractivity (Wildman–Crippen MR) is 136 cm³/mol. The largest absolute Gasteiger partial charge is 0.382 e. The molecule has 0 fully saturated rings. The third-order valence-corrected chi connectivity index (χ3v) is 7.42. The maximum absolute atomic E-state index is 11.7. The number of aryl methyl sites for hydroxylation is 1. The Balaban J connectivity index is 1.43. The zero-order chi connectivity index (χ0) is 22.6. The first-order valence-corrected chi connectivity index (χ1v) is 13.1. The molecule has 1 atom stereocenters. The highest BCUT2D eigenvalue weighted by Crippen LogP contribution is 2.41. The van der Waals surface area contributed by atoms with Crippen molar-refractivity contribution in [3.63, 3.8) is 0 Å². The van der Waals surface area contributed by atoms with Crippen molar-refractivity contribution < 1.29 is 12.6 Å². The average Bonchev–Trinajstić information content (AvgIpc) is 2.82. The maximum Gasteiger partial charge on any atom is 0.306 e. The smallest absolute Gasteiger partial charge is 0.306 e. The molecule has 0 saturated heterocycles. The van der Waals surface area contributed by atoms with Gasteiger partial charge < -0.3 is 4.18 Å². The molecule has 0 N–H and O–H groups in total. The monoisotopic (exact) mass is 452 g/mol. The number of hydrogen-bond donors (Lipinski definition) is 0. The maximum atomic E-state index is 11.7. The molecule has 4 heteroatoms.